The average Bonchev–Trinajstić information content (AvgIpc) is 2.39. The smallest absolute Gasteiger partial charge is 0.258 e. The van der Waals surface area contributed by atoms with E-state index in [0.29, 0.717) is 22.3 Å². The van der Waals surface area contributed by atoms with Crippen molar-refractivity contribution in [3.63, 3.8) is 0 Å². The number of hydrogen-bond acceptors (Lipinski definition) is 3. The van der Waals surface area contributed by atoms with Crippen molar-refractivity contribution in [3.8, 4) is 5.75 Å². The molecule has 0 aliphatic carbocycles. The van der Waals surface area contributed by atoms with E-state index in [-0.39, 0.29) is 18.4 Å². The number of nitrogens with one attached hydrogen (secondary N) is 1. The number of benzene rings is 1. The summed E-state index contributed by atoms with van der Waals surface area (Å²) in [5, 5.41) is 3.72. The summed E-state index contributed by atoms with van der Waals surface area (Å²) < 4.78 is 5.38. The second-order valence-electron chi connectivity index (χ2n) is 5.19. The monoisotopic (exact) mass is 318 g/mol. The van der Waals surface area contributed by atoms with Crippen LogP contribution in [0.3, 0.4) is 0 Å². The number of carbonyl (C=O) groups excluding carboxylic acids is 1. The van der Waals surface area contributed by atoms with E-state index in [1.807, 2.05) is 20.8 Å². The number of ether oxygens (including phenoxy) is 1. The van der Waals surface area contributed by atoms with E-state index in [4.69, 9.17) is 33.7 Å². The van der Waals surface area contributed by atoms with E-state index < -0.39 is 5.54 Å². The lowest BCUT2D eigenvalue weighted by molar-refractivity contribution is -0.125. The van der Waals surface area contributed by atoms with Gasteiger partial charge >= 0.3 is 0 Å². The zero-order chi connectivity index (χ0) is 15.3. The molecule has 0 bridgehead atoms. The van der Waals surface area contributed by atoms with Crippen LogP contribution < -0.4 is 15.8 Å². The first-order chi connectivity index (χ1) is 9.28. The van der Waals surface area contributed by atoms with Crippen LogP contribution in [0, 0.1) is 5.92 Å². The van der Waals surface area contributed by atoms with Crippen molar-refractivity contribution in [1.29, 1.82) is 0 Å². The molecule has 0 aliphatic heterocycles. The molecular formula is C14H20Cl2N2O2. The van der Waals surface area contributed by atoms with Gasteiger partial charge in [-0.3, -0.25) is 4.79 Å². The Morgan fingerprint density at radius 2 is 2.05 bits per heavy atom. The third kappa shape index (κ3) is 4.54. The fourth-order valence-corrected chi connectivity index (χ4v) is 1.79. The highest BCUT2D eigenvalue weighted by atomic mass is 35.5. The van der Waals surface area contributed by atoms with Gasteiger partial charge in [-0.2, -0.15) is 0 Å². The molecule has 0 radical (unpaired) electrons. The minimum atomic E-state index is -0.446. The topological polar surface area (TPSA) is 64.3 Å². The number of halogens is 2. The summed E-state index contributed by atoms with van der Waals surface area (Å²) in [4.78, 5) is 11.9. The molecule has 1 aromatic carbocycles. The third-order valence-corrected chi connectivity index (χ3v) is 4.12. The Bertz CT molecular complexity index is 480. The van der Waals surface area contributed by atoms with Crippen LogP contribution in [0.2, 0.25) is 10.0 Å². The van der Waals surface area contributed by atoms with Gasteiger partial charge in [0.05, 0.1) is 15.6 Å². The molecule has 4 nitrogen and oxygen atoms in total. The highest BCUT2D eigenvalue weighted by molar-refractivity contribution is 6.42. The third-order valence-electron chi connectivity index (χ3n) is 3.38. The number of hydrogen-bond donors (Lipinski definition) is 2. The number of nitrogens with two attached hydrogens (primary N) is 1. The van der Waals surface area contributed by atoms with Crippen LogP contribution >= 0.6 is 23.2 Å². The van der Waals surface area contributed by atoms with Crippen LogP contribution in [0.15, 0.2) is 18.2 Å². The molecule has 0 aliphatic rings. The molecule has 20 heavy (non-hydrogen) atoms. The van der Waals surface area contributed by atoms with Crippen molar-refractivity contribution in [2.24, 2.45) is 11.7 Å². The molecule has 0 saturated carbocycles. The quantitative estimate of drug-likeness (QED) is 0.847. The van der Waals surface area contributed by atoms with Gasteiger partial charge in [0.25, 0.3) is 5.91 Å². The van der Waals surface area contributed by atoms with E-state index in [1.165, 1.54) is 0 Å². The van der Waals surface area contributed by atoms with Crippen LogP contribution in [0.5, 0.6) is 5.75 Å². The fourth-order valence-electron chi connectivity index (χ4n) is 1.50. The number of amides is 1. The summed E-state index contributed by atoms with van der Waals surface area (Å²) >= 11 is 11.7. The SMILES string of the molecule is CC(C)C(C)(CN)NC(=O)COc1ccc(Cl)c(Cl)c1. The Kier molecular flexibility index (Phi) is 6.11. The zero-order valence-electron chi connectivity index (χ0n) is 11.9. The molecule has 3 N–H and O–H groups in total. The van der Waals surface area contributed by atoms with Crippen molar-refractivity contribution < 1.29 is 9.53 Å². The van der Waals surface area contributed by atoms with Crippen LogP contribution in [0.25, 0.3) is 0 Å². The lowest BCUT2D eigenvalue weighted by Gasteiger charge is -2.33. The lowest BCUT2D eigenvalue weighted by atomic mass is 9.88. The van der Waals surface area contributed by atoms with Crippen LogP contribution in [0.4, 0.5) is 0 Å². The van der Waals surface area contributed by atoms with E-state index >= 15 is 0 Å². The second kappa shape index (κ2) is 7.16. The average molecular weight is 319 g/mol. The molecule has 6 heteroatoms. The molecule has 0 spiro atoms. The van der Waals surface area contributed by atoms with Crippen molar-refractivity contribution >= 4 is 29.1 Å². The van der Waals surface area contributed by atoms with Gasteiger partial charge in [-0.15, -0.1) is 0 Å². The molecule has 0 fully saturated rings. The van der Waals surface area contributed by atoms with Gasteiger partial charge in [0, 0.05) is 12.6 Å². The summed E-state index contributed by atoms with van der Waals surface area (Å²) in [5.74, 6) is 0.493. The van der Waals surface area contributed by atoms with Gasteiger partial charge in [0.15, 0.2) is 6.61 Å². The molecular weight excluding hydrogens is 299 g/mol. The minimum Gasteiger partial charge on any atom is -0.484 e. The summed E-state index contributed by atoms with van der Waals surface area (Å²) in [7, 11) is 0. The van der Waals surface area contributed by atoms with Crippen LogP contribution in [0.1, 0.15) is 20.8 Å². The number of rotatable bonds is 6. The van der Waals surface area contributed by atoms with E-state index in [2.05, 4.69) is 5.32 Å². The van der Waals surface area contributed by atoms with E-state index in [0.717, 1.165) is 0 Å². The van der Waals surface area contributed by atoms with Crippen LogP contribution in [-0.2, 0) is 4.79 Å². The molecule has 1 amide bonds. The van der Waals surface area contributed by atoms with Crippen molar-refractivity contribution in [2.45, 2.75) is 26.3 Å². The molecule has 0 heterocycles. The molecule has 0 saturated heterocycles. The summed E-state index contributed by atoms with van der Waals surface area (Å²) in [6.45, 7) is 6.19. The van der Waals surface area contributed by atoms with Gasteiger partial charge < -0.3 is 15.8 Å². The van der Waals surface area contributed by atoms with E-state index in [1.54, 1.807) is 18.2 Å². The van der Waals surface area contributed by atoms with Gasteiger partial charge in [-0.25, -0.2) is 0 Å². The van der Waals surface area contributed by atoms with Crippen molar-refractivity contribution in [2.75, 3.05) is 13.2 Å². The maximum absolute atomic E-state index is 11.9. The largest absolute Gasteiger partial charge is 0.484 e. The Labute approximate surface area is 129 Å². The van der Waals surface area contributed by atoms with Crippen LogP contribution in [-0.4, -0.2) is 24.6 Å². The first-order valence-corrected chi connectivity index (χ1v) is 7.13. The molecule has 0 aromatic heterocycles. The van der Waals surface area contributed by atoms with Gasteiger partial charge in [-0.1, -0.05) is 37.0 Å². The van der Waals surface area contributed by atoms with Gasteiger partial charge in [0.2, 0.25) is 0 Å². The standard InChI is InChI=1S/C14H20Cl2N2O2/c1-9(2)14(3,8-17)18-13(19)7-20-10-4-5-11(15)12(16)6-10/h4-6,9H,7-8,17H2,1-3H3,(H,18,19). The van der Waals surface area contributed by atoms with Crippen molar-refractivity contribution in [1.82, 2.24) is 5.32 Å². The Hall–Kier alpha value is -0.970. The Morgan fingerprint density at radius 3 is 2.55 bits per heavy atom. The van der Waals surface area contributed by atoms with Crippen molar-refractivity contribution in [3.05, 3.63) is 28.2 Å². The molecule has 1 rings (SSSR count). The minimum absolute atomic E-state index is 0.0970. The number of carbonyl (C=O) groups is 1. The Morgan fingerprint density at radius 1 is 1.40 bits per heavy atom. The Balaban J connectivity index is 2.57. The van der Waals surface area contributed by atoms with Gasteiger partial charge in [-0.05, 0) is 25.0 Å². The highest BCUT2D eigenvalue weighted by Crippen LogP contribution is 2.26. The maximum atomic E-state index is 11.9. The first kappa shape index (κ1) is 17.1. The lowest BCUT2D eigenvalue weighted by Crippen LogP contribution is -2.56. The first-order valence-electron chi connectivity index (χ1n) is 6.37. The summed E-state index contributed by atoms with van der Waals surface area (Å²) in [6, 6.07) is 4.85. The predicted octanol–water partition coefficient (Wildman–Crippen LogP) is 2.86. The molecule has 1 atom stereocenters. The maximum Gasteiger partial charge on any atom is 0.258 e. The molecule has 1 aromatic rings. The fraction of sp³-hybridized carbons (Fsp3) is 0.500. The normalized spacial score (nSPS) is 13.9. The zero-order valence-corrected chi connectivity index (χ0v) is 13.4. The molecule has 112 valence electrons. The summed E-state index contributed by atoms with van der Waals surface area (Å²) in [6.07, 6.45) is 0. The highest BCUT2D eigenvalue weighted by Gasteiger charge is 2.28. The summed E-state index contributed by atoms with van der Waals surface area (Å²) in [5.41, 5.74) is 5.27. The van der Waals surface area contributed by atoms with E-state index in [9.17, 15) is 4.79 Å². The second-order valence-corrected chi connectivity index (χ2v) is 6.00. The van der Waals surface area contributed by atoms with Gasteiger partial charge in [0.1, 0.15) is 5.75 Å². The predicted molar refractivity (Wildman–Crippen MR) is 82.4 cm³/mol. The molecule has 1 unspecified atom stereocenters.